The number of hydrogen-bond donors (Lipinski definition) is 2. The Hall–Kier alpha value is -2.60. The molecule has 26 heavy (non-hydrogen) atoms. The lowest BCUT2D eigenvalue weighted by atomic mass is 10.0. The van der Waals surface area contributed by atoms with Gasteiger partial charge in [-0.15, -0.1) is 0 Å². The van der Waals surface area contributed by atoms with Crippen molar-refractivity contribution in [1.29, 1.82) is 0 Å². The summed E-state index contributed by atoms with van der Waals surface area (Å²) in [6.45, 7) is 4.82. The number of aromatic nitrogens is 3. The molecule has 2 aromatic heterocycles. The van der Waals surface area contributed by atoms with Crippen LogP contribution >= 0.6 is 0 Å². The van der Waals surface area contributed by atoms with Crippen LogP contribution in [0, 0.1) is 0 Å². The predicted molar refractivity (Wildman–Crippen MR) is 100 cm³/mol. The molecule has 1 aliphatic heterocycles. The first-order valence-electron chi connectivity index (χ1n) is 9.21. The van der Waals surface area contributed by atoms with Crippen LogP contribution in [0.1, 0.15) is 41.5 Å². The van der Waals surface area contributed by atoms with E-state index in [1.54, 1.807) is 6.07 Å². The minimum absolute atomic E-state index is 0.147. The molecule has 0 saturated carbocycles. The molecule has 1 unspecified atom stereocenters. The van der Waals surface area contributed by atoms with Gasteiger partial charge in [0.1, 0.15) is 0 Å². The Bertz CT molecular complexity index is 927. The fourth-order valence-corrected chi connectivity index (χ4v) is 3.85. The van der Waals surface area contributed by atoms with Gasteiger partial charge in [0.25, 0.3) is 0 Å². The Morgan fingerprint density at radius 1 is 1.35 bits per heavy atom. The number of rotatable bonds is 5. The predicted octanol–water partition coefficient (Wildman–Crippen LogP) is 3.29. The maximum Gasteiger partial charge on any atom is 0.356 e. The van der Waals surface area contributed by atoms with E-state index in [4.69, 9.17) is 5.11 Å². The first kappa shape index (κ1) is 16.8. The average Bonchev–Trinajstić information content (AvgIpc) is 3.18. The molecule has 6 nitrogen and oxygen atoms in total. The number of benzene rings is 1. The number of carbonyl (C=O) groups is 1. The highest BCUT2D eigenvalue weighted by atomic mass is 16.4. The highest BCUT2D eigenvalue weighted by Crippen LogP contribution is 2.22. The number of nitrogens with one attached hydrogen (secondary N) is 1. The fourth-order valence-electron chi connectivity index (χ4n) is 3.85. The van der Waals surface area contributed by atoms with Gasteiger partial charge < -0.3 is 10.1 Å². The lowest BCUT2D eigenvalue weighted by Gasteiger charge is -2.27. The summed E-state index contributed by atoms with van der Waals surface area (Å²) >= 11 is 0. The number of aromatic amines is 1. The summed E-state index contributed by atoms with van der Waals surface area (Å²) < 4.78 is 1.86. The molecule has 6 heteroatoms. The second kappa shape index (κ2) is 6.96. The number of nitrogens with zero attached hydrogens (tertiary/aromatic N) is 3. The number of carboxylic acids is 1. The van der Waals surface area contributed by atoms with Crippen LogP contribution < -0.4 is 0 Å². The Balaban J connectivity index is 1.44. The van der Waals surface area contributed by atoms with E-state index in [0.717, 1.165) is 44.6 Å². The quantitative estimate of drug-likeness (QED) is 0.739. The summed E-state index contributed by atoms with van der Waals surface area (Å²) in [4.78, 5) is 17.0. The number of aryl methyl sites for hydroxylation is 2. The van der Waals surface area contributed by atoms with E-state index in [-0.39, 0.29) is 5.69 Å². The van der Waals surface area contributed by atoms with Crippen LogP contribution in [0.2, 0.25) is 0 Å². The summed E-state index contributed by atoms with van der Waals surface area (Å²) in [7, 11) is 0. The van der Waals surface area contributed by atoms with Gasteiger partial charge in [0.05, 0.1) is 5.69 Å². The first-order valence-corrected chi connectivity index (χ1v) is 9.21. The van der Waals surface area contributed by atoms with Crippen molar-refractivity contribution in [3.05, 3.63) is 53.5 Å². The first-order chi connectivity index (χ1) is 12.6. The van der Waals surface area contributed by atoms with Gasteiger partial charge in [-0.05, 0) is 43.9 Å². The number of hydrogen-bond acceptors (Lipinski definition) is 3. The number of carboxylic acid groups (broad SMARTS) is 1. The third-order valence-corrected chi connectivity index (χ3v) is 5.39. The highest BCUT2D eigenvalue weighted by Gasteiger charge is 2.22. The van der Waals surface area contributed by atoms with Crippen LogP contribution in [0.4, 0.5) is 0 Å². The second-order valence-electron chi connectivity index (χ2n) is 7.12. The van der Waals surface area contributed by atoms with Gasteiger partial charge in [-0.2, -0.15) is 5.10 Å². The number of H-pyrrole nitrogens is 1. The van der Waals surface area contributed by atoms with Crippen LogP contribution in [-0.4, -0.2) is 43.3 Å². The maximum atomic E-state index is 11.2. The molecule has 1 aliphatic rings. The molecule has 0 aliphatic carbocycles. The Labute approximate surface area is 152 Å². The lowest BCUT2D eigenvalue weighted by Crippen LogP contribution is -2.33. The van der Waals surface area contributed by atoms with E-state index in [1.165, 1.54) is 16.5 Å². The molecule has 136 valence electrons. The second-order valence-corrected chi connectivity index (χ2v) is 7.12. The SMILES string of the molecule is CC(CCc1c[nH]c2ccccc12)N1CCCn2nc(C(=O)O)cc2C1. The maximum absolute atomic E-state index is 11.2. The third-order valence-electron chi connectivity index (χ3n) is 5.39. The van der Waals surface area contributed by atoms with Gasteiger partial charge in [-0.3, -0.25) is 9.58 Å². The third kappa shape index (κ3) is 3.24. The van der Waals surface area contributed by atoms with Crippen molar-refractivity contribution >= 4 is 16.9 Å². The molecule has 2 N–H and O–H groups in total. The summed E-state index contributed by atoms with van der Waals surface area (Å²) in [5.74, 6) is -0.954. The van der Waals surface area contributed by atoms with Crippen LogP contribution in [0.15, 0.2) is 36.5 Å². The molecule has 3 aromatic rings. The molecular formula is C20H24N4O2. The van der Waals surface area contributed by atoms with E-state index in [0.29, 0.717) is 6.04 Å². The number of aromatic carboxylic acids is 1. The summed E-state index contributed by atoms with van der Waals surface area (Å²) in [5.41, 5.74) is 3.70. The topological polar surface area (TPSA) is 74.2 Å². The fraction of sp³-hybridized carbons (Fsp3) is 0.400. The smallest absolute Gasteiger partial charge is 0.356 e. The summed E-state index contributed by atoms with van der Waals surface area (Å²) in [6.07, 6.45) is 5.21. The number of fused-ring (bicyclic) bond motifs is 2. The van der Waals surface area contributed by atoms with Gasteiger partial charge in [0, 0.05) is 42.8 Å². The molecule has 3 heterocycles. The van der Waals surface area contributed by atoms with Crippen molar-refractivity contribution in [2.45, 2.75) is 45.3 Å². The van der Waals surface area contributed by atoms with Crippen molar-refractivity contribution < 1.29 is 9.90 Å². The lowest BCUT2D eigenvalue weighted by molar-refractivity contribution is 0.0689. The molecule has 1 aromatic carbocycles. The van der Waals surface area contributed by atoms with Crippen LogP contribution in [-0.2, 0) is 19.5 Å². The van der Waals surface area contributed by atoms with Crippen molar-refractivity contribution in [1.82, 2.24) is 19.7 Å². The molecule has 1 atom stereocenters. The minimum Gasteiger partial charge on any atom is -0.476 e. The van der Waals surface area contributed by atoms with Crippen LogP contribution in [0.3, 0.4) is 0 Å². The van der Waals surface area contributed by atoms with Gasteiger partial charge in [-0.25, -0.2) is 4.79 Å². The van der Waals surface area contributed by atoms with E-state index >= 15 is 0 Å². The number of para-hydroxylation sites is 1. The standard InChI is InChI=1S/C20H24N4O2/c1-14(7-8-15-12-21-18-6-3-2-5-17(15)18)23-9-4-10-24-16(13-23)11-19(22-24)20(25)26/h2-3,5-6,11-12,14,21H,4,7-10,13H2,1H3,(H,25,26). The zero-order valence-electron chi connectivity index (χ0n) is 15.0. The molecular weight excluding hydrogens is 328 g/mol. The van der Waals surface area contributed by atoms with E-state index in [2.05, 4.69) is 52.4 Å². The molecule has 0 spiro atoms. The van der Waals surface area contributed by atoms with Crippen molar-refractivity contribution in [2.24, 2.45) is 0 Å². The molecule has 0 saturated heterocycles. The Morgan fingerprint density at radius 2 is 2.19 bits per heavy atom. The van der Waals surface area contributed by atoms with Gasteiger partial charge in [-0.1, -0.05) is 18.2 Å². The van der Waals surface area contributed by atoms with E-state index in [9.17, 15) is 4.79 Å². The monoisotopic (exact) mass is 352 g/mol. The van der Waals surface area contributed by atoms with Gasteiger partial charge in [0.15, 0.2) is 5.69 Å². The summed E-state index contributed by atoms with van der Waals surface area (Å²) in [5, 5.41) is 14.7. The van der Waals surface area contributed by atoms with Crippen molar-refractivity contribution in [2.75, 3.05) is 6.54 Å². The average molecular weight is 352 g/mol. The zero-order chi connectivity index (χ0) is 18.1. The van der Waals surface area contributed by atoms with Crippen LogP contribution in [0.25, 0.3) is 10.9 Å². The molecule has 0 fully saturated rings. The molecule has 0 radical (unpaired) electrons. The molecule has 0 bridgehead atoms. The summed E-state index contributed by atoms with van der Waals surface area (Å²) in [6, 6.07) is 10.6. The van der Waals surface area contributed by atoms with Crippen molar-refractivity contribution in [3.8, 4) is 0 Å². The van der Waals surface area contributed by atoms with Gasteiger partial charge in [0.2, 0.25) is 0 Å². The van der Waals surface area contributed by atoms with Gasteiger partial charge >= 0.3 is 5.97 Å². The largest absolute Gasteiger partial charge is 0.476 e. The van der Waals surface area contributed by atoms with Crippen LogP contribution in [0.5, 0.6) is 0 Å². The molecule has 0 amide bonds. The Morgan fingerprint density at radius 3 is 3.04 bits per heavy atom. The normalized spacial score (nSPS) is 16.3. The highest BCUT2D eigenvalue weighted by molar-refractivity contribution is 5.85. The Kier molecular flexibility index (Phi) is 4.51. The zero-order valence-corrected chi connectivity index (χ0v) is 15.0. The van der Waals surface area contributed by atoms with E-state index < -0.39 is 5.97 Å². The van der Waals surface area contributed by atoms with Crippen molar-refractivity contribution in [3.63, 3.8) is 0 Å². The minimum atomic E-state index is -0.954. The molecule has 4 rings (SSSR count). The van der Waals surface area contributed by atoms with E-state index in [1.807, 2.05) is 4.68 Å².